The van der Waals surface area contributed by atoms with Gasteiger partial charge in [-0.2, -0.15) is 0 Å². The van der Waals surface area contributed by atoms with Crippen molar-refractivity contribution >= 4 is 22.8 Å². The fourth-order valence-electron chi connectivity index (χ4n) is 0.414. The van der Waals surface area contributed by atoms with Crippen LogP contribution in [0.1, 0.15) is 0 Å². The Balaban J connectivity index is 3.68. The highest BCUT2D eigenvalue weighted by atomic mass is 35.5. The van der Waals surface area contributed by atoms with Crippen LogP contribution in [0, 0.1) is 0 Å². The summed E-state index contributed by atoms with van der Waals surface area (Å²) >= 11 is 4.87. The fraction of sp³-hybridized carbons (Fsp3) is 0.333. The Bertz CT molecular complexity index is 181. The number of hydrogen-bond acceptors (Lipinski definition) is 3. The smallest absolute Gasteiger partial charge is 0.313 e. The third kappa shape index (κ3) is 4.52. The van der Waals surface area contributed by atoms with Crippen molar-refractivity contribution in [3.05, 3.63) is 12.7 Å². The van der Waals surface area contributed by atoms with Gasteiger partial charge in [-0.3, -0.25) is 9.59 Å². The molecule has 1 amide bonds. The number of carbonyl (C=O) groups excluding carboxylic acids is 2. The van der Waals surface area contributed by atoms with Gasteiger partial charge in [0.25, 0.3) is 0 Å². The van der Waals surface area contributed by atoms with Gasteiger partial charge in [0.05, 0.1) is 6.54 Å². The van der Waals surface area contributed by atoms with E-state index < -0.39 is 17.3 Å². The Hall–Kier alpha value is -0.870. The summed E-state index contributed by atoms with van der Waals surface area (Å²) in [6.45, 7) is 2.97. The first-order chi connectivity index (χ1) is 5.07. The normalized spacial score (nSPS) is 11.8. The first kappa shape index (κ1) is 10.1. The van der Waals surface area contributed by atoms with Crippen molar-refractivity contribution in [2.24, 2.45) is 0 Å². The molecule has 1 atom stereocenters. The summed E-state index contributed by atoms with van der Waals surface area (Å²) < 4.78 is 0. The molecule has 4 nitrogen and oxygen atoms in total. The summed E-state index contributed by atoms with van der Waals surface area (Å²) in [5.41, 5.74) is 0. The summed E-state index contributed by atoms with van der Waals surface area (Å²) in [6.07, 6.45) is -0.277. The first-order valence-electron chi connectivity index (χ1n) is 2.85. The molecule has 62 valence electrons. The topological polar surface area (TPSA) is 66.4 Å². The molecule has 0 spiro atoms. The number of halogens is 1. The van der Waals surface area contributed by atoms with Crippen LogP contribution < -0.4 is 5.32 Å². The molecule has 0 aliphatic carbocycles. The van der Waals surface area contributed by atoms with Crippen LogP contribution in [0.15, 0.2) is 12.7 Å². The molecular formula is C6H8ClNO3. The van der Waals surface area contributed by atoms with Gasteiger partial charge in [0.2, 0.25) is 0 Å². The highest BCUT2D eigenvalue weighted by molar-refractivity contribution is 6.62. The lowest BCUT2D eigenvalue weighted by molar-refractivity contribution is -0.121. The van der Waals surface area contributed by atoms with E-state index in [-0.39, 0.29) is 6.54 Å². The number of carbonyl (C=O) groups is 2. The summed E-state index contributed by atoms with van der Waals surface area (Å²) in [6, 6.07) is 0. The van der Waals surface area contributed by atoms with Crippen molar-refractivity contribution in [2.45, 2.75) is 6.10 Å². The van der Waals surface area contributed by atoms with Crippen LogP contribution in [0.4, 0.5) is 4.79 Å². The fourth-order valence-corrected chi connectivity index (χ4v) is 0.491. The van der Waals surface area contributed by atoms with Gasteiger partial charge in [-0.25, -0.2) is 0 Å². The summed E-state index contributed by atoms with van der Waals surface area (Å²) in [4.78, 5) is 20.6. The van der Waals surface area contributed by atoms with Gasteiger partial charge in [0, 0.05) is 0 Å². The zero-order valence-corrected chi connectivity index (χ0v) is 6.47. The van der Waals surface area contributed by atoms with Gasteiger partial charge in [0.1, 0.15) is 6.10 Å². The van der Waals surface area contributed by atoms with Gasteiger partial charge >= 0.3 is 5.37 Å². The van der Waals surface area contributed by atoms with Gasteiger partial charge in [-0.1, -0.05) is 6.58 Å². The van der Waals surface area contributed by atoms with E-state index in [1.54, 1.807) is 0 Å². The molecule has 5 heteroatoms. The largest absolute Gasteiger partial charge is 0.383 e. The van der Waals surface area contributed by atoms with Gasteiger partial charge in [0.15, 0.2) is 5.78 Å². The van der Waals surface area contributed by atoms with E-state index in [4.69, 9.17) is 16.7 Å². The average Bonchev–Trinajstić information content (AvgIpc) is 1.98. The monoisotopic (exact) mass is 177 g/mol. The highest BCUT2D eigenvalue weighted by Crippen LogP contribution is 1.86. The lowest BCUT2D eigenvalue weighted by Gasteiger charge is -2.05. The van der Waals surface area contributed by atoms with Crippen LogP contribution in [0.5, 0.6) is 0 Å². The van der Waals surface area contributed by atoms with Crippen molar-refractivity contribution in [3.8, 4) is 0 Å². The molecule has 0 heterocycles. The van der Waals surface area contributed by atoms with E-state index in [9.17, 15) is 9.59 Å². The Morgan fingerprint density at radius 3 is 2.64 bits per heavy atom. The number of amides is 1. The third-order valence-electron chi connectivity index (χ3n) is 0.964. The van der Waals surface area contributed by atoms with E-state index in [1.807, 2.05) is 0 Å². The van der Waals surface area contributed by atoms with Gasteiger partial charge in [-0.05, 0) is 17.7 Å². The number of aliphatic hydroxyl groups excluding tert-OH is 1. The van der Waals surface area contributed by atoms with Crippen LogP contribution in [0.2, 0.25) is 0 Å². The summed E-state index contributed by atoms with van der Waals surface area (Å²) in [5.74, 6) is -0.546. The molecule has 11 heavy (non-hydrogen) atoms. The summed E-state index contributed by atoms with van der Waals surface area (Å²) in [5, 5.41) is 10.1. The molecule has 0 aromatic heterocycles. The second kappa shape index (κ2) is 4.87. The van der Waals surface area contributed by atoms with Crippen LogP contribution in [0.25, 0.3) is 0 Å². The maximum Gasteiger partial charge on any atom is 0.313 e. The maximum atomic E-state index is 10.6. The number of rotatable bonds is 4. The van der Waals surface area contributed by atoms with Gasteiger partial charge in [-0.15, -0.1) is 0 Å². The second-order valence-electron chi connectivity index (χ2n) is 1.78. The van der Waals surface area contributed by atoms with Crippen LogP contribution in [-0.2, 0) is 4.79 Å². The van der Waals surface area contributed by atoms with Crippen LogP contribution >= 0.6 is 11.6 Å². The van der Waals surface area contributed by atoms with Crippen molar-refractivity contribution in [1.82, 2.24) is 5.32 Å². The predicted octanol–water partition coefficient (Wildman–Crippen LogP) is 0.0508. The Kier molecular flexibility index (Phi) is 4.49. The average molecular weight is 178 g/mol. The molecule has 0 saturated carbocycles. The molecule has 0 aliphatic heterocycles. The number of aliphatic hydroxyl groups is 1. The van der Waals surface area contributed by atoms with Gasteiger partial charge < -0.3 is 10.4 Å². The standard InChI is InChI=1S/C6H8ClNO3/c1-2-4(9)5(10)3-8-6(7)11/h2,5,10H,1,3H2,(H,8,11). The lowest BCUT2D eigenvalue weighted by atomic mass is 10.2. The minimum Gasteiger partial charge on any atom is -0.383 e. The van der Waals surface area contributed by atoms with E-state index in [2.05, 4.69) is 11.9 Å². The molecule has 2 N–H and O–H groups in total. The molecule has 0 radical (unpaired) electrons. The van der Waals surface area contributed by atoms with E-state index >= 15 is 0 Å². The summed E-state index contributed by atoms with van der Waals surface area (Å²) in [7, 11) is 0. The number of nitrogens with one attached hydrogen (secondary N) is 1. The Labute approximate surface area is 68.8 Å². The zero-order valence-electron chi connectivity index (χ0n) is 5.71. The molecule has 0 fully saturated rings. The molecule has 0 rings (SSSR count). The van der Waals surface area contributed by atoms with Crippen LogP contribution in [0.3, 0.4) is 0 Å². The van der Waals surface area contributed by atoms with Crippen molar-refractivity contribution in [2.75, 3.05) is 6.54 Å². The quantitative estimate of drug-likeness (QED) is 0.362. The van der Waals surface area contributed by atoms with Crippen LogP contribution in [-0.4, -0.2) is 28.9 Å². The SMILES string of the molecule is C=CC(=O)C(O)CNC(=O)Cl. The molecular weight excluding hydrogens is 170 g/mol. The maximum absolute atomic E-state index is 10.6. The van der Waals surface area contributed by atoms with Crippen molar-refractivity contribution in [3.63, 3.8) is 0 Å². The molecule has 0 aromatic carbocycles. The minimum atomic E-state index is -1.25. The van der Waals surface area contributed by atoms with E-state index in [0.717, 1.165) is 6.08 Å². The Morgan fingerprint density at radius 1 is 1.73 bits per heavy atom. The third-order valence-corrected chi connectivity index (χ3v) is 1.10. The molecule has 0 aromatic rings. The molecule has 0 aliphatic rings. The first-order valence-corrected chi connectivity index (χ1v) is 3.23. The Morgan fingerprint density at radius 2 is 2.27 bits per heavy atom. The van der Waals surface area contributed by atoms with E-state index in [0.29, 0.717) is 0 Å². The molecule has 0 bridgehead atoms. The minimum absolute atomic E-state index is 0.187. The number of hydrogen-bond donors (Lipinski definition) is 2. The van der Waals surface area contributed by atoms with Crippen molar-refractivity contribution in [1.29, 1.82) is 0 Å². The predicted molar refractivity (Wildman–Crippen MR) is 40.5 cm³/mol. The second-order valence-corrected chi connectivity index (χ2v) is 2.12. The number of ketones is 1. The molecule has 1 unspecified atom stereocenters. The van der Waals surface area contributed by atoms with E-state index in [1.165, 1.54) is 0 Å². The highest BCUT2D eigenvalue weighted by Gasteiger charge is 2.11. The van der Waals surface area contributed by atoms with Crippen molar-refractivity contribution < 1.29 is 14.7 Å². The lowest BCUT2D eigenvalue weighted by Crippen LogP contribution is -2.33. The molecule has 0 saturated heterocycles. The zero-order chi connectivity index (χ0) is 8.85.